The fraction of sp³-hybridized carbons (Fsp3) is 0.455. The SMILES string of the molecule is C[C@@H](CO[Si](c1ccccc1)(c1ccccc1)C(C)(C)C)C[C@H](C)O. The van der Waals surface area contributed by atoms with Crippen LogP contribution in [0.4, 0.5) is 0 Å². The van der Waals surface area contributed by atoms with Crippen molar-refractivity contribution in [1.82, 2.24) is 0 Å². The maximum atomic E-state index is 9.70. The Morgan fingerprint density at radius 2 is 1.32 bits per heavy atom. The number of aliphatic hydroxyl groups is 1. The van der Waals surface area contributed by atoms with Crippen molar-refractivity contribution in [3.05, 3.63) is 60.7 Å². The van der Waals surface area contributed by atoms with Crippen LogP contribution in [0.25, 0.3) is 0 Å². The summed E-state index contributed by atoms with van der Waals surface area (Å²) in [4.78, 5) is 0. The average Bonchev–Trinajstić information content (AvgIpc) is 2.55. The molecule has 1 N–H and O–H groups in total. The van der Waals surface area contributed by atoms with Crippen LogP contribution in [0.15, 0.2) is 60.7 Å². The van der Waals surface area contributed by atoms with Gasteiger partial charge in [0, 0.05) is 6.61 Å². The molecule has 0 aliphatic heterocycles. The van der Waals surface area contributed by atoms with Crippen LogP contribution in [0.1, 0.15) is 41.0 Å². The lowest BCUT2D eigenvalue weighted by atomic mass is 10.1. The van der Waals surface area contributed by atoms with E-state index in [2.05, 4.69) is 88.4 Å². The molecule has 25 heavy (non-hydrogen) atoms. The van der Waals surface area contributed by atoms with E-state index in [0.29, 0.717) is 12.5 Å². The molecule has 2 rings (SSSR count). The van der Waals surface area contributed by atoms with E-state index in [1.165, 1.54) is 10.4 Å². The number of hydrogen-bond acceptors (Lipinski definition) is 2. The van der Waals surface area contributed by atoms with Gasteiger partial charge in [-0.25, -0.2) is 0 Å². The summed E-state index contributed by atoms with van der Waals surface area (Å²) in [6, 6.07) is 21.4. The van der Waals surface area contributed by atoms with E-state index in [-0.39, 0.29) is 11.1 Å². The van der Waals surface area contributed by atoms with E-state index in [0.717, 1.165) is 6.42 Å². The van der Waals surface area contributed by atoms with Crippen LogP contribution in [0.3, 0.4) is 0 Å². The Labute approximate surface area is 154 Å². The Bertz CT molecular complexity index is 593. The number of hydrogen-bond donors (Lipinski definition) is 1. The van der Waals surface area contributed by atoms with Crippen molar-refractivity contribution < 1.29 is 9.53 Å². The zero-order valence-electron chi connectivity index (χ0n) is 16.2. The second-order valence-corrected chi connectivity index (χ2v) is 12.5. The number of rotatable bonds is 7. The first-order valence-corrected chi connectivity index (χ1v) is 11.1. The Kier molecular flexibility index (Phi) is 6.61. The summed E-state index contributed by atoms with van der Waals surface area (Å²) in [6.07, 6.45) is 0.468. The molecule has 3 heteroatoms. The smallest absolute Gasteiger partial charge is 0.261 e. The van der Waals surface area contributed by atoms with Crippen LogP contribution in [-0.2, 0) is 4.43 Å². The molecule has 2 nitrogen and oxygen atoms in total. The van der Waals surface area contributed by atoms with Crippen molar-refractivity contribution in [3.8, 4) is 0 Å². The highest BCUT2D eigenvalue weighted by molar-refractivity contribution is 6.99. The van der Waals surface area contributed by atoms with Crippen molar-refractivity contribution in [2.75, 3.05) is 6.61 Å². The van der Waals surface area contributed by atoms with Gasteiger partial charge >= 0.3 is 0 Å². The summed E-state index contributed by atoms with van der Waals surface area (Å²) < 4.78 is 6.86. The molecule has 0 heterocycles. The molecule has 0 aliphatic rings. The van der Waals surface area contributed by atoms with E-state index in [1.807, 2.05) is 6.92 Å². The van der Waals surface area contributed by atoms with E-state index < -0.39 is 8.32 Å². The molecule has 0 radical (unpaired) electrons. The van der Waals surface area contributed by atoms with Crippen molar-refractivity contribution in [2.45, 2.75) is 52.2 Å². The highest BCUT2D eigenvalue weighted by Crippen LogP contribution is 2.37. The minimum absolute atomic E-state index is 0.000255. The molecule has 2 aromatic rings. The van der Waals surface area contributed by atoms with Gasteiger partial charge in [0.1, 0.15) is 0 Å². The molecule has 0 unspecified atom stereocenters. The van der Waals surface area contributed by atoms with Crippen molar-refractivity contribution in [3.63, 3.8) is 0 Å². The summed E-state index contributed by atoms with van der Waals surface area (Å²) in [5.41, 5.74) is 0. The maximum Gasteiger partial charge on any atom is 0.261 e. The summed E-state index contributed by atoms with van der Waals surface area (Å²) in [5, 5.41) is 12.3. The Morgan fingerprint density at radius 3 is 1.68 bits per heavy atom. The van der Waals surface area contributed by atoms with E-state index >= 15 is 0 Å². The minimum Gasteiger partial charge on any atom is -0.407 e. The zero-order chi connectivity index (χ0) is 18.5. The summed E-state index contributed by atoms with van der Waals surface area (Å²) in [6.45, 7) is 11.5. The quantitative estimate of drug-likeness (QED) is 0.761. The third kappa shape index (κ3) is 4.60. The van der Waals surface area contributed by atoms with Crippen molar-refractivity contribution in [1.29, 1.82) is 0 Å². The normalized spacial score (nSPS) is 15.0. The molecular weight excluding hydrogens is 324 g/mol. The molecule has 0 fully saturated rings. The van der Waals surface area contributed by atoms with E-state index in [9.17, 15) is 5.11 Å². The molecule has 0 spiro atoms. The monoisotopic (exact) mass is 356 g/mol. The molecule has 0 saturated carbocycles. The highest BCUT2D eigenvalue weighted by Gasteiger charge is 2.50. The predicted octanol–water partition coefficient (Wildman–Crippen LogP) is 3.97. The Balaban J connectivity index is 2.49. The van der Waals surface area contributed by atoms with E-state index in [1.54, 1.807) is 0 Å². The van der Waals surface area contributed by atoms with Crippen LogP contribution in [-0.4, -0.2) is 26.1 Å². The third-order valence-electron chi connectivity index (χ3n) is 4.74. The van der Waals surface area contributed by atoms with Gasteiger partial charge in [0.25, 0.3) is 8.32 Å². The van der Waals surface area contributed by atoms with Gasteiger partial charge < -0.3 is 9.53 Å². The Morgan fingerprint density at radius 1 is 0.880 bits per heavy atom. The van der Waals surface area contributed by atoms with Gasteiger partial charge in [0.2, 0.25) is 0 Å². The highest BCUT2D eigenvalue weighted by atomic mass is 28.4. The van der Waals surface area contributed by atoms with Crippen molar-refractivity contribution in [2.24, 2.45) is 5.92 Å². The first-order valence-electron chi connectivity index (χ1n) is 9.20. The molecule has 2 atom stereocenters. The van der Waals surface area contributed by atoms with Crippen LogP contribution in [0.2, 0.25) is 5.04 Å². The number of benzene rings is 2. The van der Waals surface area contributed by atoms with Crippen LogP contribution < -0.4 is 10.4 Å². The average molecular weight is 357 g/mol. The lowest BCUT2D eigenvalue weighted by Gasteiger charge is -2.43. The molecule has 0 saturated heterocycles. The fourth-order valence-corrected chi connectivity index (χ4v) is 8.37. The topological polar surface area (TPSA) is 29.5 Å². The number of aliphatic hydroxyl groups excluding tert-OH is 1. The van der Waals surface area contributed by atoms with Gasteiger partial charge in [-0.15, -0.1) is 0 Å². The summed E-state index contributed by atoms with van der Waals surface area (Å²) in [5.74, 6) is 0.321. The first-order chi connectivity index (χ1) is 11.8. The standard InChI is InChI=1S/C22H32O2Si/c1-18(16-19(2)23)17-24-25(22(3,4)5,20-12-8-6-9-13-20)21-14-10-7-11-15-21/h6-15,18-19,23H,16-17H2,1-5H3/t18-,19+/m1/s1. The minimum atomic E-state index is -2.44. The van der Waals surface area contributed by atoms with Gasteiger partial charge in [-0.2, -0.15) is 0 Å². The first kappa shape index (κ1) is 19.9. The van der Waals surface area contributed by atoms with Gasteiger partial charge in [-0.3, -0.25) is 0 Å². The molecule has 136 valence electrons. The fourth-order valence-electron chi connectivity index (χ4n) is 3.68. The van der Waals surface area contributed by atoms with Crippen LogP contribution >= 0.6 is 0 Å². The second kappa shape index (κ2) is 8.30. The molecular formula is C22H32O2Si. The summed E-state index contributed by atoms with van der Waals surface area (Å²) in [7, 11) is -2.44. The lowest BCUT2D eigenvalue weighted by molar-refractivity contribution is 0.139. The molecule has 0 bridgehead atoms. The third-order valence-corrected chi connectivity index (χ3v) is 9.75. The van der Waals surface area contributed by atoms with E-state index in [4.69, 9.17) is 4.43 Å². The molecule has 0 aliphatic carbocycles. The van der Waals surface area contributed by atoms with Crippen LogP contribution in [0.5, 0.6) is 0 Å². The lowest BCUT2D eigenvalue weighted by Crippen LogP contribution is -2.66. The zero-order valence-corrected chi connectivity index (χ0v) is 17.2. The second-order valence-electron chi connectivity index (χ2n) is 8.16. The Hall–Kier alpha value is -1.42. The van der Waals surface area contributed by atoms with Crippen LogP contribution in [0, 0.1) is 5.92 Å². The van der Waals surface area contributed by atoms with Crippen molar-refractivity contribution >= 4 is 18.7 Å². The molecule has 2 aromatic carbocycles. The van der Waals surface area contributed by atoms with Gasteiger partial charge in [0.15, 0.2) is 0 Å². The largest absolute Gasteiger partial charge is 0.407 e. The van der Waals surface area contributed by atoms with Gasteiger partial charge in [-0.1, -0.05) is 88.4 Å². The predicted molar refractivity (Wildman–Crippen MR) is 109 cm³/mol. The van der Waals surface area contributed by atoms with Gasteiger partial charge in [0.05, 0.1) is 6.10 Å². The molecule has 0 aromatic heterocycles. The maximum absolute atomic E-state index is 9.70. The molecule has 0 amide bonds. The van der Waals surface area contributed by atoms with Gasteiger partial charge in [-0.05, 0) is 34.7 Å². The summed E-state index contributed by atoms with van der Waals surface area (Å²) >= 11 is 0.